The molecule has 0 radical (unpaired) electrons. The molecule has 0 saturated heterocycles. The Morgan fingerprint density at radius 2 is 1.94 bits per heavy atom. The van der Waals surface area contributed by atoms with Gasteiger partial charge in [-0.15, -0.1) is 0 Å². The molecule has 0 aromatic carbocycles. The summed E-state index contributed by atoms with van der Waals surface area (Å²) in [4.78, 5) is 21.8. The molecule has 184 valence electrons. The van der Waals surface area contributed by atoms with E-state index in [-0.39, 0.29) is 17.0 Å². The Hall–Kier alpha value is -1.84. The zero-order valence-corrected chi connectivity index (χ0v) is 20.7. The topological polar surface area (TPSA) is 96.1 Å². The zero-order valence-electron chi connectivity index (χ0n) is 20.7. The summed E-state index contributed by atoms with van der Waals surface area (Å²) in [6.07, 6.45) is 13.2. The monoisotopic (exact) mass is 465 g/mol. The molecular weight excluding hydrogens is 426 g/mol. The normalized spacial score (nSPS) is 41.1. The fourth-order valence-corrected chi connectivity index (χ4v) is 8.72. The molecule has 0 bridgehead atoms. The van der Waals surface area contributed by atoms with E-state index < -0.39 is 5.60 Å². The molecule has 0 unspecified atom stereocenters. The van der Waals surface area contributed by atoms with E-state index in [0.29, 0.717) is 42.9 Å². The van der Waals surface area contributed by atoms with E-state index >= 15 is 0 Å². The van der Waals surface area contributed by atoms with E-state index in [2.05, 4.69) is 16.9 Å². The van der Waals surface area contributed by atoms with E-state index in [0.717, 1.165) is 49.9 Å². The van der Waals surface area contributed by atoms with Crippen molar-refractivity contribution in [1.82, 2.24) is 9.97 Å². The highest BCUT2D eigenvalue weighted by molar-refractivity contribution is 5.84. The molecule has 4 aliphatic carbocycles. The van der Waals surface area contributed by atoms with Gasteiger partial charge in [0.2, 0.25) is 0 Å². The van der Waals surface area contributed by atoms with Crippen LogP contribution in [0.5, 0.6) is 0 Å². The molecule has 0 spiro atoms. The van der Waals surface area contributed by atoms with Crippen molar-refractivity contribution in [3.05, 3.63) is 23.8 Å². The maximum Gasteiger partial charge on any atom is 0.158 e. The quantitative estimate of drug-likeness (QED) is 0.665. The van der Waals surface area contributed by atoms with Crippen LogP contribution in [0.2, 0.25) is 0 Å². The van der Waals surface area contributed by atoms with Gasteiger partial charge in [0, 0.05) is 12.5 Å². The van der Waals surface area contributed by atoms with Crippen molar-refractivity contribution in [3.8, 4) is 6.07 Å². The molecule has 5 rings (SSSR count). The first-order chi connectivity index (χ1) is 16.4. The summed E-state index contributed by atoms with van der Waals surface area (Å²) >= 11 is 0. The highest BCUT2D eigenvalue weighted by Crippen LogP contribution is 2.64. The largest absolute Gasteiger partial charge is 0.387 e. The van der Waals surface area contributed by atoms with Crippen LogP contribution in [-0.4, -0.2) is 39.7 Å². The van der Waals surface area contributed by atoms with Gasteiger partial charge in [-0.3, -0.25) is 9.78 Å². The minimum Gasteiger partial charge on any atom is -0.387 e. The van der Waals surface area contributed by atoms with Gasteiger partial charge in [0.25, 0.3) is 0 Å². The average Bonchev–Trinajstić information content (AvgIpc) is 3.20. The van der Waals surface area contributed by atoms with Gasteiger partial charge in [0.15, 0.2) is 5.69 Å². The Kier molecular flexibility index (Phi) is 6.54. The Labute approximate surface area is 203 Å². The van der Waals surface area contributed by atoms with Gasteiger partial charge in [-0.2, -0.15) is 5.26 Å². The van der Waals surface area contributed by atoms with Crippen LogP contribution in [0.15, 0.2) is 12.4 Å². The van der Waals surface area contributed by atoms with Gasteiger partial charge in [-0.1, -0.05) is 6.92 Å². The molecule has 34 heavy (non-hydrogen) atoms. The number of hydrogen-bond donors (Lipinski definition) is 1. The third-order valence-electron chi connectivity index (χ3n) is 10.2. The van der Waals surface area contributed by atoms with Gasteiger partial charge < -0.3 is 9.84 Å². The number of carbonyl (C=O) groups excluding carboxylic acids is 1. The van der Waals surface area contributed by atoms with Crippen LogP contribution in [0.4, 0.5) is 0 Å². The molecule has 1 N–H and O–H groups in total. The number of ether oxygens (including phenoxy) is 1. The van der Waals surface area contributed by atoms with Crippen molar-refractivity contribution >= 4 is 5.78 Å². The highest BCUT2D eigenvalue weighted by Gasteiger charge is 2.58. The number of aromatic nitrogens is 2. The fraction of sp³-hybridized carbons (Fsp3) is 0.786. The van der Waals surface area contributed by atoms with E-state index in [1.807, 2.05) is 13.0 Å². The van der Waals surface area contributed by atoms with Gasteiger partial charge in [-0.05, 0) is 99.7 Å². The van der Waals surface area contributed by atoms with Crippen LogP contribution < -0.4 is 0 Å². The first-order valence-corrected chi connectivity index (χ1v) is 13.4. The van der Waals surface area contributed by atoms with E-state index in [1.54, 1.807) is 6.20 Å². The van der Waals surface area contributed by atoms with E-state index in [4.69, 9.17) is 10.00 Å². The third-order valence-corrected chi connectivity index (χ3v) is 10.2. The predicted octanol–water partition coefficient (Wildman–Crippen LogP) is 4.50. The highest BCUT2D eigenvalue weighted by atomic mass is 16.5. The van der Waals surface area contributed by atoms with Crippen LogP contribution in [0, 0.1) is 52.3 Å². The van der Waals surface area contributed by atoms with Crippen molar-refractivity contribution < 1.29 is 14.6 Å². The second-order valence-electron chi connectivity index (χ2n) is 11.9. The Bertz CT molecular complexity index is 943. The zero-order chi connectivity index (χ0) is 23.9. The lowest BCUT2D eigenvalue weighted by Crippen LogP contribution is -2.52. The predicted molar refractivity (Wildman–Crippen MR) is 128 cm³/mol. The summed E-state index contributed by atoms with van der Waals surface area (Å²) in [5.41, 5.74) is 0.422. The van der Waals surface area contributed by atoms with Crippen molar-refractivity contribution in [2.45, 2.75) is 83.7 Å². The minimum absolute atomic E-state index is 0.0927. The molecule has 0 aliphatic heterocycles. The van der Waals surface area contributed by atoms with Gasteiger partial charge in [0.05, 0.1) is 36.7 Å². The number of rotatable bonds is 6. The number of ketones is 1. The number of nitriles is 1. The summed E-state index contributed by atoms with van der Waals surface area (Å²) in [6, 6.07) is 1.99. The summed E-state index contributed by atoms with van der Waals surface area (Å²) in [7, 11) is 0. The van der Waals surface area contributed by atoms with E-state index in [9.17, 15) is 9.90 Å². The molecule has 8 atom stereocenters. The molecule has 4 aliphatic rings. The van der Waals surface area contributed by atoms with Crippen LogP contribution in [0.3, 0.4) is 0 Å². The molecule has 6 nitrogen and oxygen atoms in total. The lowest BCUT2D eigenvalue weighted by Gasteiger charge is -2.57. The average molecular weight is 466 g/mol. The maximum atomic E-state index is 13.4. The lowest BCUT2D eigenvalue weighted by atomic mass is 9.49. The van der Waals surface area contributed by atoms with Crippen molar-refractivity contribution in [2.24, 2.45) is 40.9 Å². The summed E-state index contributed by atoms with van der Waals surface area (Å²) in [5, 5.41) is 20.0. The minimum atomic E-state index is -0.633. The number of Topliss-reactive ketones (excluding diaryl/α,β-unsaturated/α-hetero) is 1. The molecule has 1 heterocycles. The lowest BCUT2D eigenvalue weighted by molar-refractivity contribution is -0.137. The van der Waals surface area contributed by atoms with Crippen molar-refractivity contribution in [1.29, 1.82) is 5.26 Å². The van der Waals surface area contributed by atoms with Crippen LogP contribution in [0.25, 0.3) is 0 Å². The van der Waals surface area contributed by atoms with Crippen LogP contribution in [-0.2, 0) is 16.0 Å². The second-order valence-corrected chi connectivity index (χ2v) is 11.9. The van der Waals surface area contributed by atoms with Crippen molar-refractivity contribution in [2.75, 3.05) is 13.2 Å². The molecule has 1 aromatic heterocycles. The van der Waals surface area contributed by atoms with E-state index in [1.165, 1.54) is 31.9 Å². The van der Waals surface area contributed by atoms with Gasteiger partial charge >= 0.3 is 0 Å². The summed E-state index contributed by atoms with van der Waals surface area (Å²) < 4.78 is 5.62. The molecule has 1 aromatic rings. The number of fused-ring (bicyclic) bond motifs is 5. The molecule has 4 fully saturated rings. The Morgan fingerprint density at radius 1 is 1.12 bits per heavy atom. The fourth-order valence-electron chi connectivity index (χ4n) is 8.72. The van der Waals surface area contributed by atoms with Gasteiger partial charge in [0.1, 0.15) is 11.9 Å². The molecule has 4 saturated carbocycles. The van der Waals surface area contributed by atoms with Crippen molar-refractivity contribution in [3.63, 3.8) is 0 Å². The second kappa shape index (κ2) is 9.32. The number of nitrogens with zero attached hydrogens (tertiary/aromatic N) is 3. The summed E-state index contributed by atoms with van der Waals surface area (Å²) in [5.74, 6) is 3.88. The van der Waals surface area contributed by atoms with Gasteiger partial charge in [-0.25, -0.2) is 4.98 Å². The molecular formula is C28H39N3O3. The molecule has 6 heteroatoms. The maximum absolute atomic E-state index is 13.4. The standard InChI is InChI=1S/C28H39N3O3/c1-3-34-17-28(33)11-9-21-18(13-28)4-5-23-22(21)8-10-27(2)24(23)6-7-25(27)26(32)12-19-15-31-20(14-29)16-30-19/h15-16,18,21-25,33H,3-13,17H2,1-2H3/t18-,21+,22-,23-,24+,25-,27+,28-/m1/s1. The number of hydrogen-bond acceptors (Lipinski definition) is 6. The molecule has 0 amide bonds. The van der Waals surface area contributed by atoms with Crippen LogP contribution in [0.1, 0.15) is 83.0 Å². The first kappa shape index (κ1) is 23.9. The first-order valence-electron chi connectivity index (χ1n) is 13.4. The third kappa shape index (κ3) is 4.20. The smallest absolute Gasteiger partial charge is 0.158 e. The Balaban J connectivity index is 1.25. The Morgan fingerprint density at radius 3 is 2.68 bits per heavy atom. The SMILES string of the molecule is CCOC[C@@]1(O)CC[C@H]2[C@H](CC[C@@H]3[C@@H]2CC[C@]2(C)[C@@H](C(=O)Cc4cnc(C#N)cn4)CC[C@@H]32)C1. The van der Waals surface area contributed by atoms with Crippen LogP contribution >= 0.6 is 0 Å². The summed E-state index contributed by atoms with van der Waals surface area (Å²) in [6.45, 7) is 5.53. The number of aliphatic hydroxyl groups is 1. The number of carbonyl (C=O) groups is 1.